The first-order valence-corrected chi connectivity index (χ1v) is 4.30. The van der Waals surface area contributed by atoms with Crippen LogP contribution in [0.1, 0.15) is 16.8 Å². The summed E-state index contributed by atoms with van der Waals surface area (Å²) in [6.07, 6.45) is -1.43. The number of hydrogen-bond donors (Lipinski definition) is 1. The highest BCUT2D eigenvalue weighted by Gasteiger charge is 2.31. The van der Waals surface area contributed by atoms with Crippen molar-refractivity contribution in [1.29, 1.82) is 0 Å². The molecule has 4 nitrogen and oxygen atoms in total. The highest BCUT2D eigenvalue weighted by Crippen LogP contribution is 2.28. The summed E-state index contributed by atoms with van der Waals surface area (Å²) in [6.45, 7) is 0. The number of carbonyl (C=O) groups is 2. The van der Waals surface area contributed by atoms with E-state index in [1.54, 1.807) is 0 Å². The average Bonchev–Trinajstić information content (AvgIpc) is 2.18. The van der Waals surface area contributed by atoms with Crippen LogP contribution in [0.3, 0.4) is 0 Å². The summed E-state index contributed by atoms with van der Waals surface area (Å²) in [5.41, 5.74) is 0.104. The van der Waals surface area contributed by atoms with Crippen molar-refractivity contribution < 1.29 is 23.8 Å². The molecule has 1 atom stereocenters. The molecule has 0 saturated heterocycles. The number of Topliss-reactive ketones (excluding diaryl/α,β-unsaturated/α-hetero) is 1. The molecule has 0 bridgehead atoms. The Morgan fingerprint density at radius 2 is 2.27 bits per heavy atom. The van der Waals surface area contributed by atoms with Gasteiger partial charge in [0.15, 0.2) is 5.78 Å². The van der Waals surface area contributed by atoms with E-state index in [0.717, 1.165) is 12.1 Å². The number of halogens is 1. The first kappa shape index (κ1) is 9.64. The predicted octanol–water partition coefficient (Wildman–Crippen LogP) is 1.24. The number of carbonyl (C=O) groups excluding carboxylic acids is 1. The summed E-state index contributed by atoms with van der Waals surface area (Å²) in [7, 11) is 0. The van der Waals surface area contributed by atoms with Crippen molar-refractivity contribution in [2.75, 3.05) is 0 Å². The molecule has 0 aromatic heterocycles. The van der Waals surface area contributed by atoms with Gasteiger partial charge in [-0.05, 0) is 18.2 Å². The second-order valence-corrected chi connectivity index (χ2v) is 3.21. The fraction of sp³-hybridized carbons (Fsp3) is 0.200. The molecular formula is C10H7FO4. The molecule has 0 fully saturated rings. The van der Waals surface area contributed by atoms with E-state index in [1.807, 2.05) is 0 Å². The number of aliphatic carboxylic acids is 1. The molecule has 1 unspecified atom stereocenters. The molecule has 2 rings (SSSR count). The number of hydrogen-bond acceptors (Lipinski definition) is 3. The van der Waals surface area contributed by atoms with Crippen LogP contribution in [-0.4, -0.2) is 23.0 Å². The van der Waals surface area contributed by atoms with Gasteiger partial charge in [0, 0.05) is 0 Å². The standard InChI is InChI=1S/C10H7FO4/c11-5-1-2-8-6(3-5)7(12)4-9(15-8)10(13)14/h1-3,9H,4H2,(H,13,14). The molecule has 1 N–H and O–H groups in total. The van der Waals surface area contributed by atoms with Gasteiger partial charge in [0.25, 0.3) is 0 Å². The zero-order valence-electron chi connectivity index (χ0n) is 7.57. The molecule has 15 heavy (non-hydrogen) atoms. The minimum atomic E-state index is -1.20. The number of benzene rings is 1. The Balaban J connectivity index is 2.41. The summed E-state index contributed by atoms with van der Waals surface area (Å²) < 4.78 is 17.8. The van der Waals surface area contributed by atoms with Gasteiger partial charge in [0.1, 0.15) is 11.6 Å². The third-order valence-corrected chi connectivity index (χ3v) is 2.16. The number of fused-ring (bicyclic) bond motifs is 1. The quantitative estimate of drug-likeness (QED) is 0.757. The van der Waals surface area contributed by atoms with Crippen molar-refractivity contribution in [3.63, 3.8) is 0 Å². The average molecular weight is 210 g/mol. The van der Waals surface area contributed by atoms with E-state index in [4.69, 9.17) is 9.84 Å². The van der Waals surface area contributed by atoms with Crippen molar-refractivity contribution in [1.82, 2.24) is 0 Å². The Kier molecular flexibility index (Phi) is 2.15. The number of rotatable bonds is 1. The van der Waals surface area contributed by atoms with Crippen LogP contribution in [0.5, 0.6) is 5.75 Å². The molecule has 0 radical (unpaired) electrons. The maximum Gasteiger partial charge on any atom is 0.345 e. The van der Waals surface area contributed by atoms with E-state index in [1.165, 1.54) is 6.07 Å². The third-order valence-electron chi connectivity index (χ3n) is 2.16. The Morgan fingerprint density at radius 3 is 2.93 bits per heavy atom. The van der Waals surface area contributed by atoms with Gasteiger partial charge in [-0.1, -0.05) is 0 Å². The summed E-state index contributed by atoms with van der Waals surface area (Å²) in [5.74, 6) is -2.03. The molecular weight excluding hydrogens is 203 g/mol. The van der Waals surface area contributed by atoms with E-state index in [2.05, 4.69) is 0 Å². The summed E-state index contributed by atoms with van der Waals surface area (Å²) >= 11 is 0. The molecule has 0 spiro atoms. The summed E-state index contributed by atoms with van der Waals surface area (Å²) in [4.78, 5) is 22.1. The van der Waals surface area contributed by atoms with Gasteiger partial charge < -0.3 is 9.84 Å². The van der Waals surface area contributed by atoms with Crippen molar-refractivity contribution in [3.05, 3.63) is 29.6 Å². The second-order valence-electron chi connectivity index (χ2n) is 3.21. The minimum absolute atomic E-state index is 0.104. The van der Waals surface area contributed by atoms with Gasteiger partial charge in [-0.3, -0.25) is 4.79 Å². The fourth-order valence-electron chi connectivity index (χ4n) is 1.43. The van der Waals surface area contributed by atoms with Crippen molar-refractivity contribution in [2.24, 2.45) is 0 Å². The van der Waals surface area contributed by atoms with Gasteiger partial charge in [-0.2, -0.15) is 0 Å². The Morgan fingerprint density at radius 1 is 1.53 bits per heavy atom. The van der Waals surface area contributed by atoms with Crippen LogP contribution in [0.15, 0.2) is 18.2 Å². The van der Waals surface area contributed by atoms with Crippen LogP contribution in [0.25, 0.3) is 0 Å². The van der Waals surface area contributed by atoms with Gasteiger partial charge >= 0.3 is 5.97 Å². The maximum atomic E-state index is 12.8. The van der Waals surface area contributed by atoms with Gasteiger partial charge in [-0.25, -0.2) is 9.18 Å². The van der Waals surface area contributed by atoms with E-state index in [-0.39, 0.29) is 17.7 Å². The lowest BCUT2D eigenvalue weighted by molar-refractivity contribution is -0.145. The molecule has 1 aliphatic rings. The lowest BCUT2D eigenvalue weighted by Gasteiger charge is -2.21. The van der Waals surface area contributed by atoms with Crippen LogP contribution >= 0.6 is 0 Å². The first-order chi connectivity index (χ1) is 7.08. The van der Waals surface area contributed by atoms with Crippen LogP contribution in [0, 0.1) is 5.82 Å². The SMILES string of the molecule is O=C1CC(C(=O)O)Oc2ccc(F)cc21. The molecule has 1 aromatic carbocycles. The number of ketones is 1. The predicted molar refractivity (Wildman–Crippen MR) is 47.4 cm³/mol. The van der Waals surface area contributed by atoms with E-state index in [9.17, 15) is 14.0 Å². The Hall–Kier alpha value is -1.91. The Bertz CT molecular complexity index is 441. The summed E-state index contributed by atoms with van der Waals surface area (Å²) in [5, 5.41) is 8.68. The normalized spacial score (nSPS) is 19.3. The van der Waals surface area contributed by atoms with Crippen LogP contribution < -0.4 is 4.74 Å². The van der Waals surface area contributed by atoms with E-state index < -0.39 is 23.7 Å². The highest BCUT2D eigenvalue weighted by molar-refractivity contribution is 6.02. The molecule has 5 heteroatoms. The minimum Gasteiger partial charge on any atom is -0.478 e. The van der Waals surface area contributed by atoms with Crippen molar-refractivity contribution >= 4 is 11.8 Å². The lowest BCUT2D eigenvalue weighted by Crippen LogP contribution is -2.33. The van der Waals surface area contributed by atoms with Crippen LogP contribution in [0.4, 0.5) is 4.39 Å². The van der Waals surface area contributed by atoms with Gasteiger partial charge in [0.2, 0.25) is 6.10 Å². The number of carboxylic acids is 1. The van der Waals surface area contributed by atoms with Crippen LogP contribution in [0.2, 0.25) is 0 Å². The zero-order chi connectivity index (χ0) is 11.0. The van der Waals surface area contributed by atoms with Gasteiger partial charge in [0.05, 0.1) is 12.0 Å². The molecule has 1 aromatic rings. The Labute approximate surface area is 84.3 Å². The van der Waals surface area contributed by atoms with Crippen molar-refractivity contribution in [3.8, 4) is 5.75 Å². The molecule has 1 aliphatic heterocycles. The fourth-order valence-corrected chi connectivity index (χ4v) is 1.43. The molecule has 1 heterocycles. The maximum absolute atomic E-state index is 12.8. The number of ether oxygens (including phenoxy) is 1. The zero-order valence-corrected chi connectivity index (χ0v) is 7.57. The van der Waals surface area contributed by atoms with E-state index >= 15 is 0 Å². The molecule has 78 valence electrons. The number of carboxylic acid groups (broad SMARTS) is 1. The van der Waals surface area contributed by atoms with Gasteiger partial charge in [-0.15, -0.1) is 0 Å². The third kappa shape index (κ3) is 1.68. The summed E-state index contributed by atoms with van der Waals surface area (Å²) in [6, 6.07) is 3.43. The molecule has 0 amide bonds. The molecule has 0 aliphatic carbocycles. The smallest absolute Gasteiger partial charge is 0.345 e. The first-order valence-electron chi connectivity index (χ1n) is 4.30. The largest absolute Gasteiger partial charge is 0.478 e. The second kappa shape index (κ2) is 3.34. The van der Waals surface area contributed by atoms with Crippen LogP contribution in [-0.2, 0) is 4.79 Å². The monoisotopic (exact) mass is 210 g/mol. The topological polar surface area (TPSA) is 63.6 Å². The van der Waals surface area contributed by atoms with E-state index in [0.29, 0.717) is 0 Å². The highest BCUT2D eigenvalue weighted by atomic mass is 19.1. The lowest BCUT2D eigenvalue weighted by atomic mass is 10.0. The van der Waals surface area contributed by atoms with Crippen molar-refractivity contribution in [2.45, 2.75) is 12.5 Å². The molecule has 0 saturated carbocycles.